The topological polar surface area (TPSA) is 50.3 Å². The summed E-state index contributed by atoms with van der Waals surface area (Å²) in [4.78, 5) is 29.0. The maximum Gasteiger partial charge on any atom is 0.416 e. The van der Waals surface area contributed by atoms with Gasteiger partial charge >= 0.3 is 6.18 Å². The van der Waals surface area contributed by atoms with Gasteiger partial charge in [0.05, 0.1) is 16.3 Å². The highest BCUT2D eigenvalue weighted by molar-refractivity contribution is 6.33. The molecule has 0 spiro atoms. The zero-order chi connectivity index (χ0) is 18.6. The second kappa shape index (κ2) is 7.65. The van der Waals surface area contributed by atoms with E-state index in [4.69, 9.17) is 11.6 Å². The fourth-order valence-electron chi connectivity index (χ4n) is 2.14. The van der Waals surface area contributed by atoms with Crippen molar-refractivity contribution in [2.24, 2.45) is 0 Å². The normalized spacial score (nSPS) is 11.2. The van der Waals surface area contributed by atoms with Gasteiger partial charge in [0.15, 0.2) is 5.78 Å². The molecule has 0 N–H and O–H groups in total. The van der Waals surface area contributed by atoms with Crippen LogP contribution in [0.25, 0.3) is 0 Å². The van der Waals surface area contributed by atoms with Gasteiger partial charge in [0.2, 0.25) is 5.91 Å². The Bertz CT molecular complexity index is 779. The summed E-state index contributed by atoms with van der Waals surface area (Å²) < 4.78 is 38.4. The van der Waals surface area contributed by atoms with Crippen LogP contribution >= 0.6 is 11.6 Å². The number of carbonyl (C=O) groups is 2. The fraction of sp³-hybridized carbons (Fsp3) is 0.235. The molecule has 4 nitrogen and oxygen atoms in total. The van der Waals surface area contributed by atoms with E-state index < -0.39 is 17.6 Å². The zero-order valence-electron chi connectivity index (χ0n) is 13.2. The minimum absolute atomic E-state index is 0.0161. The lowest BCUT2D eigenvalue weighted by Gasteiger charge is -2.20. The molecule has 0 aliphatic rings. The Balaban J connectivity index is 2.08. The number of halogens is 4. The summed E-state index contributed by atoms with van der Waals surface area (Å²) in [6, 6.07) is 5.92. The minimum Gasteiger partial charge on any atom is -0.314 e. The number of Topliss-reactive ketones (excluding diaryl/α,β-unsaturated/α-hetero) is 1. The molecule has 1 aromatic heterocycles. The van der Waals surface area contributed by atoms with Crippen LogP contribution in [0.4, 0.5) is 18.9 Å². The van der Waals surface area contributed by atoms with Crippen molar-refractivity contribution < 1.29 is 22.8 Å². The lowest BCUT2D eigenvalue weighted by atomic mass is 10.1. The minimum atomic E-state index is -4.54. The lowest BCUT2D eigenvalue weighted by Crippen LogP contribution is -2.27. The van der Waals surface area contributed by atoms with Crippen molar-refractivity contribution in [3.63, 3.8) is 0 Å². The molecule has 0 aliphatic carbocycles. The van der Waals surface area contributed by atoms with Crippen molar-refractivity contribution >= 4 is 29.0 Å². The van der Waals surface area contributed by atoms with Crippen LogP contribution < -0.4 is 4.90 Å². The monoisotopic (exact) mass is 370 g/mol. The number of ketones is 1. The number of amides is 1. The zero-order valence-corrected chi connectivity index (χ0v) is 13.9. The van der Waals surface area contributed by atoms with Crippen LogP contribution in [-0.4, -0.2) is 23.7 Å². The average Bonchev–Trinajstić information content (AvgIpc) is 2.58. The Kier molecular flexibility index (Phi) is 5.79. The highest BCUT2D eigenvalue weighted by Crippen LogP contribution is 2.35. The van der Waals surface area contributed by atoms with E-state index in [-0.39, 0.29) is 29.3 Å². The SMILES string of the molecule is CN(C(=O)CCC(=O)c1cccnc1)c1cc(C(F)(F)F)ccc1Cl. The fourth-order valence-corrected chi connectivity index (χ4v) is 2.38. The standard InChI is InChI=1S/C17H14ClF3N2O2/c1-23(14-9-12(17(19,20)21)4-5-13(14)18)16(25)7-6-15(24)11-3-2-8-22-10-11/h2-5,8-10H,6-7H2,1H3. The van der Waals surface area contributed by atoms with Crippen LogP contribution in [0.5, 0.6) is 0 Å². The molecule has 25 heavy (non-hydrogen) atoms. The molecule has 1 amide bonds. The van der Waals surface area contributed by atoms with Crippen molar-refractivity contribution in [1.29, 1.82) is 0 Å². The quantitative estimate of drug-likeness (QED) is 0.734. The Labute approximate surface area is 147 Å². The van der Waals surface area contributed by atoms with Gasteiger partial charge in [-0.05, 0) is 30.3 Å². The Morgan fingerprint density at radius 3 is 2.52 bits per heavy atom. The van der Waals surface area contributed by atoms with Gasteiger partial charge in [-0.15, -0.1) is 0 Å². The molecule has 0 atom stereocenters. The number of carbonyl (C=O) groups excluding carboxylic acids is 2. The van der Waals surface area contributed by atoms with Crippen LogP contribution in [0, 0.1) is 0 Å². The van der Waals surface area contributed by atoms with Crippen LogP contribution in [0.1, 0.15) is 28.8 Å². The molecule has 2 aromatic rings. The molecule has 132 valence electrons. The van der Waals surface area contributed by atoms with E-state index in [0.717, 1.165) is 23.1 Å². The van der Waals surface area contributed by atoms with Gasteiger partial charge in [0.25, 0.3) is 0 Å². The first-order valence-corrected chi connectivity index (χ1v) is 7.64. The van der Waals surface area contributed by atoms with Gasteiger partial charge in [-0.25, -0.2) is 0 Å². The summed E-state index contributed by atoms with van der Waals surface area (Å²) in [5, 5.41) is 0.0161. The molecule has 0 fully saturated rings. The Morgan fingerprint density at radius 1 is 1.20 bits per heavy atom. The predicted octanol–water partition coefficient (Wildman–Crippen LogP) is 4.38. The molecule has 1 aromatic carbocycles. The maximum absolute atomic E-state index is 12.8. The summed E-state index contributed by atoms with van der Waals surface area (Å²) in [6.45, 7) is 0. The lowest BCUT2D eigenvalue weighted by molar-refractivity contribution is -0.137. The highest BCUT2D eigenvalue weighted by Gasteiger charge is 2.31. The third kappa shape index (κ3) is 4.79. The number of hydrogen-bond acceptors (Lipinski definition) is 3. The molecule has 0 saturated carbocycles. The molecule has 0 aliphatic heterocycles. The first kappa shape index (κ1) is 18.9. The largest absolute Gasteiger partial charge is 0.416 e. The molecule has 8 heteroatoms. The molecule has 1 heterocycles. The Hall–Kier alpha value is -2.41. The van der Waals surface area contributed by atoms with E-state index in [0.29, 0.717) is 5.56 Å². The number of alkyl halides is 3. The molecule has 0 radical (unpaired) electrons. The maximum atomic E-state index is 12.8. The van der Waals surface area contributed by atoms with Crippen LogP contribution in [0.2, 0.25) is 5.02 Å². The van der Waals surface area contributed by atoms with E-state index in [1.165, 1.54) is 19.4 Å². The van der Waals surface area contributed by atoms with Crippen molar-refractivity contribution in [3.05, 3.63) is 58.9 Å². The van der Waals surface area contributed by atoms with Crippen LogP contribution in [0.3, 0.4) is 0 Å². The molecule has 0 unspecified atom stereocenters. The van der Waals surface area contributed by atoms with E-state index in [1.807, 2.05) is 0 Å². The molecule has 0 saturated heterocycles. The number of aromatic nitrogens is 1. The molecule has 0 bridgehead atoms. The van der Waals surface area contributed by atoms with E-state index >= 15 is 0 Å². The number of rotatable bonds is 5. The van der Waals surface area contributed by atoms with E-state index in [2.05, 4.69) is 4.98 Å². The third-order valence-electron chi connectivity index (χ3n) is 3.56. The predicted molar refractivity (Wildman–Crippen MR) is 87.7 cm³/mol. The average molecular weight is 371 g/mol. The van der Waals surface area contributed by atoms with Gasteiger partial charge in [-0.1, -0.05) is 11.6 Å². The number of nitrogens with zero attached hydrogens (tertiary/aromatic N) is 2. The molecular weight excluding hydrogens is 357 g/mol. The van der Waals surface area contributed by atoms with Crippen LogP contribution in [-0.2, 0) is 11.0 Å². The third-order valence-corrected chi connectivity index (χ3v) is 3.88. The van der Waals surface area contributed by atoms with Crippen LogP contribution in [0.15, 0.2) is 42.7 Å². The second-order valence-corrected chi connectivity index (χ2v) is 5.69. The summed E-state index contributed by atoms with van der Waals surface area (Å²) in [5.74, 6) is -0.788. The number of hydrogen-bond donors (Lipinski definition) is 0. The Morgan fingerprint density at radius 2 is 1.92 bits per heavy atom. The molecular formula is C17H14ClF3N2O2. The van der Waals surface area contributed by atoms with Gasteiger partial charge < -0.3 is 4.90 Å². The highest BCUT2D eigenvalue weighted by atomic mass is 35.5. The van der Waals surface area contributed by atoms with E-state index in [1.54, 1.807) is 12.1 Å². The van der Waals surface area contributed by atoms with Crippen molar-refractivity contribution in [2.75, 3.05) is 11.9 Å². The number of pyridine rings is 1. The first-order valence-electron chi connectivity index (χ1n) is 7.26. The van der Waals surface area contributed by atoms with Crippen molar-refractivity contribution in [3.8, 4) is 0 Å². The second-order valence-electron chi connectivity index (χ2n) is 5.28. The number of anilines is 1. The van der Waals surface area contributed by atoms with Gasteiger partial charge in [0, 0.05) is 37.8 Å². The summed E-state index contributed by atoms with van der Waals surface area (Å²) >= 11 is 5.91. The smallest absolute Gasteiger partial charge is 0.314 e. The van der Waals surface area contributed by atoms with Gasteiger partial charge in [-0.2, -0.15) is 13.2 Å². The summed E-state index contributed by atoms with van der Waals surface area (Å²) in [7, 11) is 1.32. The van der Waals surface area contributed by atoms with E-state index in [9.17, 15) is 22.8 Å². The van der Waals surface area contributed by atoms with Crippen molar-refractivity contribution in [2.45, 2.75) is 19.0 Å². The summed E-state index contributed by atoms with van der Waals surface area (Å²) in [6.07, 6.45) is -1.87. The van der Waals surface area contributed by atoms with Gasteiger partial charge in [0.1, 0.15) is 0 Å². The number of benzene rings is 1. The summed E-state index contributed by atoms with van der Waals surface area (Å²) in [5.41, 5.74) is -0.594. The van der Waals surface area contributed by atoms with Gasteiger partial charge in [-0.3, -0.25) is 14.6 Å². The molecule has 2 rings (SSSR count). The van der Waals surface area contributed by atoms with Crippen molar-refractivity contribution in [1.82, 2.24) is 4.98 Å². The first-order chi connectivity index (χ1) is 11.7.